The number of ether oxygens (including phenoxy) is 1. The van der Waals surface area contributed by atoms with Crippen LogP contribution >= 0.6 is 0 Å². The van der Waals surface area contributed by atoms with Crippen LogP contribution in [-0.2, 0) is 9.59 Å². The van der Waals surface area contributed by atoms with Crippen LogP contribution < -0.4 is 4.74 Å². The van der Waals surface area contributed by atoms with Crippen LogP contribution in [0.1, 0.15) is 45.2 Å². The lowest BCUT2D eigenvalue weighted by Gasteiger charge is -2.04. The Bertz CT molecular complexity index is 1010. The molecular formula is C22H25N3O4. The van der Waals surface area contributed by atoms with Gasteiger partial charge in [0.05, 0.1) is 29.9 Å². The zero-order chi connectivity index (χ0) is 21.0. The molecule has 29 heavy (non-hydrogen) atoms. The first-order valence-corrected chi connectivity index (χ1v) is 9.55. The maximum Gasteiger partial charge on any atom is 0.303 e. The zero-order valence-electron chi connectivity index (χ0n) is 16.8. The number of allylic oxidation sites excluding steroid dienone is 2. The highest BCUT2D eigenvalue weighted by atomic mass is 16.5. The van der Waals surface area contributed by atoms with E-state index >= 15 is 0 Å². The van der Waals surface area contributed by atoms with Crippen molar-refractivity contribution in [1.82, 2.24) is 9.97 Å². The summed E-state index contributed by atoms with van der Waals surface area (Å²) in [6.45, 7) is 3.71. The summed E-state index contributed by atoms with van der Waals surface area (Å²) in [6, 6.07) is 5.80. The van der Waals surface area contributed by atoms with Gasteiger partial charge in [0.2, 0.25) is 0 Å². The lowest BCUT2D eigenvalue weighted by Crippen LogP contribution is -2.09. The van der Waals surface area contributed by atoms with Gasteiger partial charge in [-0.1, -0.05) is 0 Å². The van der Waals surface area contributed by atoms with Crippen molar-refractivity contribution >= 4 is 23.5 Å². The quantitative estimate of drug-likeness (QED) is 0.548. The van der Waals surface area contributed by atoms with Crippen molar-refractivity contribution in [1.29, 1.82) is 0 Å². The smallest absolute Gasteiger partial charge is 0.303 e. The first-order chi connectivity index (χ1) is 13.9. The number of aromatic amines is 2. The number of nitrogens with zero attached hydrogens (tertiary/aromatic N) is 1. The molecular weight excluding hydrogens is 370 g/mol. The number of carboxylic acids is 1. The van der Waals surface area contributed by atoms with Gasteiger partial charge in [0, 0.05) is 36.4 Å². The fraction of sp³-hybridized carbons (Fsp3) is 0.318. The van der Waals surface area contributed by atoms with E-state index in [4.69, 9.17) is 9.84 Å². The fourth-order valence-electron chi connectivity index (χ4n) is 3.47. The van der Waals surface area contributed by atoms with Gasteiger partial charge < -0.3 is 19.8 Å². The second-order valence-electron chi connectivity index (χ2n) is 7.00. The summed E-state index contributed by atoms with van der Waals surface area (Å²) in [7, 11) is 1.61. The van der Waals surface area contributed by atoms with Gasteiger partial charge >= 0.3 is 5.97 Å². The second kappa shape index (κ2) is 8.77. The second-order valence-corrected chi connectivity index (χ2v) is 7.00. The van der Waals surface area contributed by atoms with E-state index in [1.807, 2.05) is 44.3 Å². The van der Waals surface area contributed by atoms with Gasteiger partial charge in [-0.15, -0.1) is 0 Å². The molecule has 0 saturated heterocycles. The molecule has 0 bridgehead atoms. The largest absolute Gasteiger partial charge is 0.494 e. The average molecular weight is 395 g/mol. The first-order valence-electron chi connectivity index (χ1n) is 9.55. The number of carboxylic acid groups (broad SMARTS) is 1. The molecule has 3 heterocycles. The molecule has 2 aromatic heterocycles. The number of ketones is 1. The lowest BCUT2D eigenvalue weighted by atomic mass is 9.98. The summed E-state index contributed by atoms with van der Waals surface area (Å²) in [4.78, 5) is 34.3. The number of Topliss-reactive ketones (excluding diaryl/α,β-unsaturated/α-hetero) is 1. The van der Waals surface area contributed by atoms with Gasteiger partial charge in [-0.3, -0.25) is 14.6 Å². The first kappa shape index (κ1) is 20.4. The lowest BCUT2D eigenvalue weighted by molar-refractivity contribution is -0.137. The third-order valence-corrected chi connectivity index (χ3v) is 4.93. The van der Waals surface area contributed by atoms with Gasteiger partial charge in [0.15, 0.2) is 5.78 Å². The van der Waals surface area contributed by atoms with Gasteiger partial charge in [-0.05, 0) is 50.5 Å². The number of aliphatic carboxylic acids is 1. The molecule has 2 aromatic rings. The summed E-state index contributed by atoms with van der Waals surface area (Å²) in [5, 5.41) is 8.72. The Balaban J connectivity index is 1.82. The van der Waals surface area contributed by atoms with Crippen molar-refractivity contribution < 1.29 is 19.4 Å². The molecule has 0 unspecified atom stereocenters. The number of unbranched alkanes of at least 4 members (excludes halogenated alkanes) is 1. The number of rotatable bonds is 9. The molecule has 0 aromatic carbocycles. The van der Waals surface area contributed by atoms with E-state index in [0.29, 0.717) is 36.3 Å². The number of hydrogen-bond acceptors (Lipinski definition) is 4. The monoisotopic (exact) mass is 395 g/mol. The molecule has 0 atom stereocenters. The van der Waals surface area contributed by atoms with Crippen LogP contribution in [0.4, 0.5) is 0 Å². The standard InChI is InChI=1S/C22H25N3O4/c1-13-16(24-14(2)22(13)19(26)8-4-5-9-21(27)28)11-18-20(29-3)12-17(25-18)15-7-6-10-23-15/h6-7,10-12,23,25H,4-5,8-9H2,1-3H3,(H,27,28)/b16-11-. The Labute approximate surface area is 169 Å². The maximum absolute atomic E-state index is 12.6. The number of aliphatic imine (C=N–C) groups is 1. The van der Waals surface area contributed by atoms with E-state index in [-0.39, 0.29) is 12.2 Å². The van der Waals surface area contributed by atoms with Crippen LogP contribution in [0.5, 0.6) is 5.75 Å². The van der Waals surface area contributed by atoms with Crippen molar-refractivity contribution in [3.63, 3.8) is 0 Å². The van der Waals surface area contributed by atoms with E-state index in [0.717, 1.165) is 28.4 Å². The van der Waals surface area contributed by atoms with Crippen molar-refractivity contribution in [2.45, 2.75) is 39.5 Å². The molecule has 0 radical (unpaired) electrons. The minimum Gasteiger partial charge on any atom is -0.494 e. The topological polar surface area (TPSA) is 108 Å². The molecule has 0 spiro atoms. The predicted octanol–water partition coefficient (Wildman–Crippen LogP) is 4.36. The molecule has 1 aliphatic rings. The number of hydrogen-bond donors (Lipinski definition) is 3. The maximum atomic E-state index is 12.6. The number of carbonyl (C=O) groups excluding carboxylic acids is 1. The van der Waals surface area contributed by atoms with E-state index in [1.54, 1.807) is 7.11 Å². The van der Waals surface area contributed by atoms with E-state index in [1.165, 1.54) is 0 Å². The van der Waals surface area contributed by atoms with Crippen LogP contribution in [0.15, 0.2) is 46.2 Å². The van der Waals surface area contributed by atoms with Gasteiger partial charge in [-0.25, -0.2) is 0 Å². The molecule has 1 aliphatic heterocycles. The van der Waals surface area contributed by atoms with E-state index < -0.39 is 5.97 Å². The third-order valence-electron chi connectivity index (χ3n) is 4.93. The summed E-state index contributed by atoms with van der Waals surface area (Å²) in [5.41, 5.74) is 5.47. The molecule has 7 heteroatoms. The Morgan fingerprint density at radius 2 is 1.97 bits per heavy atom. The highest BCUT2D eigenvalue weighted by molar-refractivity contribution is 6.24. The van der Waals surface area contributed by atoms with E-state index in [9.17, 15) is 9.59 Å². The zero-order valence-corrected chi connectivity index (χ0v) is 16.8. The Kier molecular flexibility index (Phi) is 6.16. The summed E-state index contributed by atoms with van der Waals surface area (Å²) in [5.74, 6) is -0.144. The summed E-state index contributed by atoms with van der Waals surface area (Å²) >= 11 is 0. The van der Waals surface area contributed by atoms with Gasteiger partial charge in [0.25, 0.3) is 0 Å². The molecule has 0 amide bonds. The Hall–Kier alpha value is -3.35. The number of H-pyrrole nitrogens is 2. The fourth-order valence-corrected chi connectivity index (χ4v) is 3.47. The van der Waals surface area contributed by atoms with Crippen molar-refractivity contribution in [3.8, 4) is 17.1 Å². The molecule has 7 nitrogen and oxygen atoms in total. The number of aromatic nitrogens is 2. The number of nitrogens with one attached hydrogen (secondary N) is 2. The van der Waals surface area contributed by atoms with Crippen molar-refractivity contribution in [2.75, 3.05) is 7.11 Å². The average Bonchev–Trinajstić information content (AvgIpc) is 3.39. The minimum atomic E-state index is -0.838. The highest BCUT2D eigenvalue weighted by Crippen LogP contribution is 2.32. The van der Waals surface area contributed by atoms with Crippen LogP contribution in [-0.4, -0.2) is 39.6 Å². The van der Waals surface area contributed by atoms with Crippen LogP contribution in [0.3, 0.4) is 0 Å². The minimum absolute atomic E-state index is 0.00284. The van der Waals surface area contributed by atoms with Crippen LogP contribution in [0.25, 0.3) is 17.5 Å². The summed E-state index contributed by atoms with van der Waals surface area (Å²) < 4.78 is 5.49. The number of carbonyl (C=O) groups is 2. The normalized spacial score (nSPS) is 15.1. The van der Waals surface area contributed by atoms with Gasteiger partial charge in [0.1, 0.15) is 5.75 Å². The molecule has 0 aliphatic carbocycles. The van der Waals surface area contributed by atoms with Crippen LogP contribution in [0, 0.1) is 0 Å². The molecule has 152 valence electrons. The Morgan fingerprint density at radius 1 is 1.21 bits per heavy atom. The Morgan fingerprint density at radius 3 is 2.62 bits per heavy atom. The molecule has 3 N–H and O–H groups in total. The summed E-state index contributed by atoms with van der Waals surface area (Å²) in [6.07, 6.45) is 5.19. The highest BCUT2D eigenvalue weighted by Gasteiger charge is 2.24. The number of methoxy groups -OCH3 is 1. The van der Waals surface area contributed by atoms with Crippen LogP contribution in [0.2, 0.25) is 0 Å². The van der Waals surface area contributed by atoms with Crippen molar-refractivity contribution in [3.05, 3.63) is 46.9 Å². The molecule has 0 saturated carbocycles. The van der Waals surface area contributed by atoms with Gasteiger partial charge in [-0.2, -0.15) is 0 Å². The SMILES string of the molecule is COc1cc(-c2ccc[nH]2)[nH]c1/C=C1\N=C(C)C(C(=O)CCCCC(=O)O)=C1C. The molecule has 3 rings (SSSR count). The predicted molar refractivity (Wildman–Crippen MR) is 112 cm³/mol. The van der Waals surface area contributed by atoms with E-state index in [2.05, 4.69) is 15.0 Å². The van der Waals surface area contributed by atoms with Crippen molar-refractivity contribution in [2.24, 2.45) is 4.99 Å². The third kappa shape index (κ3) is 4.56. The molecule has 0 fully saturated rings.